The maximum absolute atomic E-state index is 11.6. The van der Waals surface area contributed by atoms with Gasteiger partial charge in [0, 0.05) is 6.08 Å². The van der Waals surface area contributed by atoms with Crippen molar-refractivity contribution in [2.45, 2.75) is 50.9 Å². The molecule has 0 amide bonds. The number of carbonyl (C=O) groups excluding carboxylic acids is 1. The molecule has 0 radical (unpaired) electrons. The molecule has 2 saturated carbocycles. The topological polar surface area (TPSA) is 35.5 Å². The van der Waals surface area contributed by atoms with Gasteiger partial charge in [-0.15, -0.1) is 0 Å². The van der Waals surface area contributed by atoms with Crippen LogP contribution in [0.25, 0.3) is 32.3 Å². The Balaban J connectivity index is 1.25. The first kappa shape index (κ1) is 21.4. The molecule has 4 unspecified atom stereocenters. The Morgan fingerprint density at radius 3 is 1.97 bits per heavy atom. The molecule has 4 aromatic rings. The molecule has 34 heavy (non-hydrogen) atoms. The molecule has 2 fully saturated rings. The largest absolute Gasteiger partial charge is 0.459 e. The normalized spacial score (nSPS) is 24.2. The van der Waals surface area contributed by atoms with E-state index in [1.807, 2.05) is 0 Å². The number of benzene rings is 4. The van der Waals surface area contributed by atoms with E-state index in [0.29, 0.717) is 11.8 Å². The summed E-state index contributed by atoms with van der Waals surface area (Å²) in [5, 5.41) is 7.55. The highest BCUT2D eigenvalue weighted by Crippen LogP contribution is 2.49. The van der Waals surface area contributed by atoms with Gasteiger partial charge in [-0.3, -0.25) is 0 Å². The Morgan fingerprint density at radius 2 is 1.35 bits per heavy atom. The van der Waals surface area contributed by atoms with Crippen LogP contribution in [0.3, 0.4) is 0 Å². The summed E-state index contributed by atoms with van der Waals surface area (Å²) in [6, 6.07) is 24.4. The summed E-state index contributed by atoms with van der Waals surface area (Å²) in [7, 11) is 0. The molecular weight excluding hydrogens is 420 g/mol. The third kappa shape index (κ3) is 3.69. The lowest BCUT2D eigenvalue weighted by atomic mass is 9.91. The predicted molar refractivity (Wildman–Crippen MR) is 138 cm³/mol. The Hall–Kier alpha value is -3.17. The molecule has 3 nitrogen and oxygen atoms in total. The summed E-state index contributed by atoms with van der Waals surface area (Å²) in [5.41, 5.74) is 0.798. The van der Waals surface area contributed by atoms with Crippen molar-refractivity contribution in [3.05, 3.63) is 84.9 Å². The summed E-state index contributed by atoms with van der Waals surface area (Å²) in [6.07, 6.45) is 4.40. The van der Waals surface area contributed by atoms with E-state index < -0.39 is 5.60 Å². The zero-order valence-electron chi connectivity index (χ0n) is 19.8. The van der Waals surface area contributed by atoms with Crippen LogP contribution >= 0.6 is 0 Å². The maximum Gasteiger partial charge on any atom is 0.330 e. The molecule has 0 saturated heterocycles. The van der Waals surface area contributed by atoms with Crippen LogP contribution in [0.2, 0.25) is 0 Å². The quantitative estimate of drug-likeness (QED) is 0.182. The van der Waals surface area contributed by atoms with Crippen molar-refractivity contribution >= 4 is 38.3 Å². The lowest BCUT2D eigenvalue weighted by molar-refractivity contribution is -0.150. The second-order valence-corrected chi connectivity index (χ2v) is 10.5. The van der Waals surface area contributed by atoms with Gasteiger partial charge in [0.25, 0.3) is 0 Å². The molecule has 0 heterocycles. The van der Waals surface area contributed by atoms with Crippen LogP contribution < -0.4 is 0 Å². The molecule has 4 atom stereocenters. The first-order valence-corrected chi connectivity index (χ1v) is 12.3. The monoisotopic (exact) mass is 450 g/mol. The highest BCUT2D eigenvalue weighted by molar-refractivity contribution is 6.04. The van der Waals surface area contributed by atoms with Gasteiger partial charge in [-0.05, 0) is 113 Å². The zero-order valence-corrected chi connectivity index (χ0v) is 19.8. The molecule has 2 aliphatic rings. The zero-order chi connectivity index (χ0) is 23.4. The van der Waals surface area contributed by atoms with Crippen LogP contribution in [0, 0.1) is 11.8 Å². The Morgan fingerprint density at radius 1 is 0.794 bits per heavy atom. The van der Waals surface area contributed by atoms with Crippen molar-refractivity contribution in [1.29, 1.82) is 0 Å². The standard InChI is InChI=1S/C31H30O3/c1-4-30(32)33-28-17-26-15-25(28)18-29(26)34-31(2,3)27-10-9-21-13-22-11-19-7-5-6-8-20(19)12-23(22)14-24(21)16-27/h4-14,16,25-26,28-29H,1,15,17-18H2,2-3H3. The first-order valence-electron chi connectivity index (χ1n) is 12.3. The van der Waals surface area contributed by atoms with Crippen LogP contribution in [-0.4, -0.2) is 18.2 Å². The van der Waals surface area contributed by atoms with Gasteiger partial charge in [-0.2, -0.15) is 0 Å². The van der Waals surface area contributed by atoms with Gasteiger partial charge in [0.1, 0.15) is 6.10 Å². The van der Waals surface area contributed by atoms with E-state index in [1.54, 1.807) is 0 Å². The lowest BCUT2D eigenvalue weighted by Gasteiger charge is -2.35. The number of hydrogen-bond acceptors (Lipinski definition) is 3. The van der Waals surface area contributed by atoms with Gasteiger partial charge < -0.3 is 9.47 Å². The molecule has 2 bridgehead atoms. The summed E-state index contributed by atoms with van der Waals surface area (Å²) < 4.78 is 12.3. The van der Waals surface area contributed by atoms with Crippen LogP contribution in [0.4, 0.5) is 0 Å². The molecule has 4 aromatic carbocycles. The summed E-state index contributed by atoms with van der Waals surface area (Å²) in [4.78, 5) is 11.6. The van der Waals surface area contributed by atoms with Gasteiger partial charge in [-0.1, -0.05) is 43.0 Å². The van der Waals surface area contributed by atoms with E-state index in [4.69, 9.17) is 9.47 Å². The summed E-state index contributed by atoms with van der Waals surface area (Å²) >= 11 is 0. The van der Waals surface area contributed by atoms with Crippen molar-refractivity contribution < 1.29 is 14.3 Å². The minimum absolute atomic E-state index is 0.0171. The fourth-order valence-corrected chi connectivity index (χ4v) is 6.17. The molecule has 0 aliphatic heterocycles. The fraction of sp³-hybridized carbons (Fsp3) is 0.323. The Bertz CT molecular complexity index is 1430. The van der Waals surface area contributed by atoms with Gasteiger partial charge >= 0.3 is 5.97 Å². The summed E-state index contributed by atoms with van der Waals surface area (Å²) in [5.74, 6) is 0.532. The number of fused-ring (bicyclic) bond motifs is 5. The van der Waals surface area contributed by atoms with Gasteiger partial charge in [0.15, 0.2) is 0 Å². The second kappa shape index (κ2) is 7.95. The molecule has 0 N–H and O–H groups in total. The van der Waals surface area contributed by atoms with Crippen LogP contribution in [-0.2, 0) is 19.9 Å². The van der Waals surface area contributed by atoms with Gasteiger partial charge in [0.2, 0.25) is 0 Å². The highest BCUT2D eigenvalue weighted by atomic mass is 16.5. The minimum Gasteiger partial charge on any atom is -0.459 e. The molecule has 172 valence electrons. The predicted octanol–water partition coefficient (Wildman–Crippen LogP) is 7.29. The van der Waals surface area contributed by atoms with Crippen molar-refractivity contribution in [3.8, 4) is 0 Å². The van der Waals surface area contributed by atoms with E-state index in [-0.39, 0.29) is 18.2 Å². The van der Waals surface area contributed by atoms with E-state index in [9.17, 15) is 4.79 Å². The minimum atomic E-state index is -0.394. The van der Waals surface area contributed by atoms with E-state index >= 15 is 0 Å². The third-order valence-corrected chi connectivity index (χ3v) is 7.96. The average Bonchev–Trinajstić information content (AvgIpc) is 3.40. The number of rotatable bonds is 5. The van der Waals surface area contributed by atoms with E-state index in [2.05, 4.69) is 87.2 Å². The summed E-state index contributed by atoms with van der Waals surface area (Å²) in [6.45, 7) is 7.86. The number of ether oxygens (including phenoxy) is 2. The molecule has 2 aliphatic carbocycles. The van der Waals surface area contributed by atoms with Crippen molar-refractivity contribution in [2.75, 3.05) is 0 Å². The van der Waals surface area contributed by atoms with Gasteiger partial charge in [0.05, 0.1) is 11.7 Å². The molecular formula is C31H30O3. The van der Waals surface area contributed by atoms with Crippen LogP contribution in [0.1, 0.15) is 38.7 Å². The molecule has 0 spiro atoms. The van der Waals surface area contributed by atoms with E-state index in [0.717, 1.165) is 19.3 Å². The van der Waals surface area contributed by atoms with Crippen LogP contribution in [0.5, 0.6) is 0 Å². The van der Waals surface area contributed by atoms with Gasteiger partial charge in [-0.25, -0.2) is 4.79 Å². The van der Waals surface area contributed by atoms with Crippen LogP contribution in [0.15, 0.2) is 79.4 Å². The fourth-order valence-electron chi connectivity index (χ4n) is 6.17. The smallest absolute Gasteiger partial charge is 0.330 e. The maximum atomic E-state index is 11.6. The third-order valence-electron chi connectivity index (χ3n) is 7.96. The molecule has 6 rings (SSSR count). The number of hydrogen-bond donors (Lipinski definition) is 0. The first-order chi connectivity index (χ1) is 16.4. The lowest BCUT2D eigenvalue weighted by Crippen LogP contribution is -2.35. The SMILES string of the molecule is C=CC(=O)OC1CC2CC1CC2OC(C)(C)c1ccc2cc3cc4ccccc4cc3cc2c1. The molecule has 3 heteroatoms. The Labute approximate surface area is 200 Å². The van der Waals surface area contributed by atoms with E-state index in [1.165, 1.54) is 44.0 Å². The Kier molecular flexibility index (Phi) is 5.00. The number of carbonyl (C=O) groups is 1. The second-order valence-electron chi connectivity index (χ2n) is 10.5. The van der Waals surface area contributed by atoms with Crippen molar-refractivity contribution in [3.63, 3.8) is 0 Å². The van der Waals surface area contributed by atoms with Crippen molar-refractivity contribution in [2.24, 2.45) is 11.8 Å². The molecule has 0 aromatic heterocycles. The van der Waals surface area contributed by atoms with Crippen molar-refractivity contribution in [1.82, 2.24) is 0 Å². The average molecular weight is 451 g/mol. The number of esters is 1. The highest BCUT2D eigenvalue weighted by Gasteiger charge is 2.49.